The molecule has 2 atom stereocenters. The number of nitrogens with one attached hydrogen (secondary N) is 1. The Morgan fingerprint density at radius 2 is 1.95 bits per heavy atom. The third-order valence-electron chi connectivity index (χ3n) is 4.07. The van der Waals surface area contributed by atoms with Crippen molar-refractivity contribution in [2.24, 2.45) is 0 Å². The molecule has 1 aromatic rings. The average molecular weight is 262 g/mol. The molecule has 1 aliphatic rings. The highest BCUT2D eigenvalue weighted by Gasteiger charge is 2.26. The zero-order valence-electron chi connectivity index (χ0n) is 12.6. The Hall–Kier alpha value is -1.13. The van der Waals surface area contributed by atoms with Gasteiger partial charge in [0.25, 0.3) is 0 Å². The molecule has 0 aromatic carbocycles. The van der Waals surface area contributed by atoms with Crippen molar-refractivity contribution < 1.29 is 0 Å². The van der Waals surface area contributed by atoms with Gasteiger partial charge in [0.05, 0.1) is 0 Å². The maximum atomic E-state index is 4.62. The van der Waals surface area contributed by atoms with E-state index in [-0.39, 0.29) is 0 Å². The molecule has 2 rings (SSSR count). The predicted octanol–water partition coefficient (Wildman–Crippen LogP) is 1.72. The molecule has 0 aliphatic carbocycles. The predicted molar refractivity (Wildman–Crippen MR) is 80.5 cm³/mol. The summed E-state index contributed by atoms with van der Waals surface area (Å²) in [7, 11) is 2.21. The van der Waals surface area contributed by atoms with Crippen LogP contribution < -0.4 is 10.2 Å². The molecule has 0 spiro atoms. The number of rotatable bonds is 4. The summed E-state index contributed by atoms with van der Waals surface area (Å²) in [4.78, 5) is 9.45. The monoisotopic (exact) mass is 262 g/mol. The van der Waals surface area contributed by atoms with Crippen molar-refractivity contribution in [3.05, 3.63) is 23.9 Å². The lowest BCUT2D eigenvalue weighted by Crippen LogP contribution is -2.55. The Morgan fingerprint density at radius 1 is 1.26 bits per heavy atom. The number of likely N-dealkylation sites (N-methyl/N-ethyl adjacent to an activating group) is 1. The Balaban J connectivity index is 2.02. The van der Waals surface area contributed by atoms with Gasteiger partial charge in [-0.2, -0.15) is 0 Å². The Kier molecular flexibility index (Phi) is 4.77. The molecule has 2 heterocycles. The van der Waals surface area contributed by atoms with Gasteiger partial charge in [0, 0.05) is 37.9 Å². The average Bonchev–Trinajstić information content (AvgIpc) is 2.42. The van der Waals surface area contributed by atoms with E-state index >= 15 is 0 Å². The summed E-state index contributed by atoms with van der Waals surface area (Å²) in [5, 5.41) is 3.32. The molecule has 0 saturated carbocycles. The van der Waals surface area contributed by atoms with Crippen LogP contribution >= 0.6 is 0 Å². The highest BCUT2D eigenvalue weighted by Crippen LogP contribution is 2.19. The van der Waals surface area contributed by atoms with Crippen LogP contribution in [-0.2, 0) is 6.54 Å². The zero-order valence-corrected chi connectivity index (χ0v) is 12.6. The summed E-state index contributed by atoms with van der Waals surface area (Å²) >= 11 is 0. The summed E-state index contributed by atoms with van der Waals surface area (Å²) in [6, 6.07) is 5.48. The molecule has 0 radical (unpaired) electrons. The Labute approximate surface area is 116 Å². The van der Waals surface area contributed by atoms with Crippen LogP contribution in [0.4, 0.5) is 5.82 Å². The topological polar surface area (TPSA) is 31.4 Å². The normalized spacial score (nSPS) is 24.7. The minimum Gasteiger partial charge on any atom is -0.354 e. The number of aromatic nitrogens is 1. The minimum absolute atomic E-state index is 0.576. The molecule has 19 heavy (non-hydrogen) atoms. The van der Waals surface area contributed by atoms with Crippen molar-refractivity contribution in [1.82, 2.24) is 15.2 Å². The summed E-state index contributed by atoms with van der Waals surface area (Å²) in [5.41, 5.74) is 1.25. The number of hydrogen-bond donors (Lipinski definition) is 1. The van der Waals surface area contributed by atoms with E-state index in [1.807, 2.05) is 6.20 Å². The molecule has 0 amide bonds. The minimum atomic E-state index is 0.576. The fourth-order valence-electron chi connectivity index (χ4n) is 2.57. The third-order valence-corrected chi connectivity index (χ3v) is 4.07. The second-order valence-corrected chi connectivity index (χ2v) is 5.57. The molecule has 106 valence electrons. The van der Waals surface area contributed by atoms with Crippen LogP contribution in [0.5, 0.6) is 0 Å². The van der Waals surface area contributed by atoms with E-state index < -0.39 is 0 Å². The number of anilines is 1. The van der Waals surface area contributed by atoms with E-state index in [4.69, 9.17) is 0 Å². The maximum Gasteiger partial charge on any atom is 0.128 e. The number of hydrogen-bond acceptors (Lipinski definition) is 4. The molecule has 1 aromatic heterocycles. The summed E-state index contributed by atoms with van der Waals surface area (Å²) in [6.07, 6.45) is 1.99. The molecule has 4 nitrogen and oxygen atoms in total. The fraction of sp³-hybridized carbons (Fsp3) is 0.667. The van der Waals surface area contributed by atoms with E-state index in [1.54, 1.807) is 0 Å². The SMILES string of the molecule is CCNCc1ccc(N2CC(C)N(C)C(C)C2)nc1. The maximum absolute atomic E-state index is 4.62. The van der Waals surface area contributed by atoms with Gasteiger partial charge in [0.15, 0.2) is 0 Å². The van der Waals surface area contributed by atoms with Gasteiger partial charge < -0.3 is 10.2 Å². The molecule has 1 saturated heterocycles. The molecular formula is C15H26N4. The van der Waals surface area contributed by atoms with E-state index in [0.717, 1.165) is 32.0 Å². The van der Waals surface area contributed by atoms with E-state index in [0.29, 0.717) is 12.1 Å². The van der Waals surface area contributed by atoms with E-state index in [1.165, 1.54) is 5.56 Å². The summed E-state index contributed by atoms with van der Waals surface area (Å²) < 4.78 is 0. The summed E-state index contributed by atoms with van der Waals surface area (Å²) in [5.74, 6) is 1.10. The Morgan fingerprint density at radius 3 is 2.47 bits per heavy atom. The standard InChI is InChI=1S/C15H26N4/c1-5-16-8-14-6-7-15(17-9-14)19-10-12(2)18(4)13(3)11-19/h6-7,9,12-13,16H,5,8,10-11H2,1-4H3. The molecule has 0 bridgehead atoms. The van der Waals surface area contributed by atoms with Gasteiger partial charge in [-0.05, 0) is 39.1 Å². The van der Waals surface area contributed by atoms with Gasteiger partial charge in [0.1, 0.15) is 5.82 Å². The van der Waals surface area contributed by atoms with Crippen molar-refractivity contribution in [2.45, 2.75) is 39.4 Å². The number of piperazine rings is 1. The second kappa shape index (κ2) is 6.35. The van der Waals surface area contributed by atoms with Gasteiger partial charge in [-0.15, -0.1) is 0 Å². The molecule has 2 unspecified atom stereocenters. The lowest BCUT2D eigenvalue weighted by Gasteiger charge is -2.43. The van der Waals surface area contributed by atoms with Gasteiger partial charge in [-0.25, -0.2) is 4.98 Å². The van der Waals surface area contributed by atoms with Gasteiger partial charge >= 0.3 is 0 Å². The van der Waals surface area contributed by atoms with Crippen LogP contribution in [0.2, 0.25) is 0 Å². The number of nitrogens with zero attached hydrogens (tertiary/aromatic N) is 3. The van der Waals surface area contributed by atoms with Crippen LogP contribution in [-0.4, -0.2) is 48.6 Å². The lowest BCUT2D eigenvalue weighted by molar-refractivity contribution is 0.169. The highest BCUT2D eigenvalue weighted by atomic mass is 15.3. The first-order valence-corrected chi connectivity index (χ1v) is 7.24. The largest absolute Gasteiger partial charge is 0.354 e. The lowest BCUT2D eigenvalue weighted by atomic mass is 10.1. The molecular weight excluding hydrogens is 236 g/mol. The quantitative estimate of drug-likeness (QED) is 0.895. The van der Waals surface area contributed by atoms with Gasteiger partial charge in [-0.1, -0.05) is 13.0 Å². The smallest absolute Gasteiger partial charge is 0.128 e. The highest BCUT2D eigenvalue weighted by molar-refractivity contribution is 5.40. The van der Waals surface area contributed by atoms with Crippen LogP contribution in [0.3, 0.4) is 0 Å². The third kappa shape index (κ3) is 3.45. The zero-order chi connectivity index (χ0) is 13.8. The molecule has 1 aliphatic heterocycles. The Bertz CT molecular complexity index is 378. The first-order chi connectivity index (χ1) is 9.11. The van der Waals surface area contributed by atoms with E-state index in [9.17, 15) is 0 Å². The summed E-state index contributed by atoms with van der Waals surface area (Å²) in [6.45, 7) is 10.7. The van der Waals surface area contributed by atoms with Crippen LogP contribution in [0, 0.1) is 0 Å². The van der Waals surface area contributed by atoms with Crippen LogP contribution in [0.1, 0.15) is 26.3 Å². The fourth-order valence-corrected chi connectivity index (χ4v) is 2.57. The molecule has 4 heteroatoms. The van der Waals surface area contributed by atoms with Crippen LogP contribution in [0.15, 0.2) is 18.3 Å². The first kappa shape index (κ1) is 14.3. The molecule has 1 N–H and O–H groups in total. The van der Waals surface area contributed by atoms with Gasteiger partial charge in [0.2, 0.25) is 0 Å². The van der Waals surface area contributed by atoms with Crippen molar-refractivity contribution in [3.63, 3.8) is 0 Å². The first-order valence-electron chi connectivity index (χ1n) is 7.24. The number of pyridine rings is 1. The van der Waals surface area contributed by atoms with Crippen molar-refractivity contribution in [1.29, 1.82) is 0 Å². The molecule has 1 fully saturated rings. The van der Waals surface area contributed by atoms with Crippen molar-refractivity contribution >= 4 is 5.82 Å². The second-order valence-electron chi connectivity index (χ2n) is 5.57. The van der Waals surface area contributed by atoms with Gasteiger partial charge in [-0.3, -0.25) is 4.90 Å². The van der Waals surface area contributed by atoms with Crippen molar-refractivity contribution in [2.75, 3.05) is 31.6 Å². The van der Waals surface area contributed by atoms with E-state index in [2.05, 4.69) is 60.1 Å². The van der Waals surface area contributed by atoms with Crippen molar-refractivity contribution in [3.8, 4) is 0 Å². The van der Waals surface area contributed by atoms with Crippen LogP contribution in [0.25, 0.3) is 0 Å².